The van der Waals surface area contributed by atoms with Gasteiger partial charge in [-0.25, -0.2) is 9.69 Å². The maximum Gasteiger partial charge on any atom is 0.328 e. The lowest BCUT2D eigenvalue weighted by Crippen LogP contribution is -2.47. The number of nitrogens with zero attached hydrogens (tertiary/aromatic N) is 1. The number of esters is 2. The number of carbonyl (C=O) groups is 2. The van der Waals surface area contributed by atoms with Gasteiger partial charge in [0.2, 0.25) is 0 Å². The molecule has 5 nitrogen and oxygen atoms in total. The van der Waals surface area contributed by atoms with Gasteiger partial charge in [-0.1, -0.05) is 27.7 Å². The van der Waals surface area contributed by atoms with Crippen LogP contribution in [0.5, 0.6) is 0 Å². The second kappa shape index (κ2) is 4.47. The van der Waals surface area contributed by atoms with E-state index in [9.17, 15) is 9.59 Å². The van der Waals surface area contributed by atoms with E-state index in [1.54, 1.807) is 6.92 Å². The minimum Gasteiger partial charge on any atom is -0.461 e. The first kappa shape index (κ1) is 14.3. The molecule has 0 aromatic heterocycles. The van der Waals surface area contributed by atoms with Gasteiger partial charge in [-0.3, -0.25) is 4.79 Å². The number of rotatable bonds is 2. The zero-order chi connectivity index (χ0) is 14.4. The molecule has 2 rings (SSSR count). The van der Waals surface area contributed by atoms with E-state index in [0.717, 1.165) is 0 Å². The second-order valence-corrected chi connectivity index (χ2v) is 6.72. The Hall–Kier alpha value is -1.10. The molecule has 5 heteroatoms. The van der Waals surface area contributed by atoms with Crippen LogP contribution in [-0.4, -0.2) is 41.3 Å². The fraction of sp³-hybridized carbons (Fsp3) is 0.857. The molecule has 0 spiro atoms. The molecule has 0 aromatic carbocycles. The molecule has 0 N–H and O–H groups in total. The summed E-state index contributed by atoms with van der Waals surface area (Å²) >= 11 is 0. The summed E-state index contributed by atoms with van der Waals surface area (Å²) in [7, 11) is 0. The largest absolute Gasteiger partial charge is 0.461 e. The van der Waals surface area contributed by atoms with Crippen LogP contribution in [0.1, 0.15) is 47.5 Å². The van der Waals surface area contributed by atoms with E-state index in [2.05, 4.69) is 0 Å². The Labute approximate surface area is 114 Å². The molecule has 3 atom stereocenters. The third-order valence-corrected chi connectivity index (χ3v) is 3.93. The van der Waals surface area contributed by atoms with Crippen LogP contribution in [-0.2, 0) is 19.1 Å². The number of hydrogen-bond acceptors (Lipinski definition) is 5. The average Bonchev–Trinajstić information content (AvgIpc) is 2.72. The lowest BCUT2D eigenvalue weighted by molar-refractivity contribution is -0.155. The molecule has 3 unspecified atom stereocenters. The highest BCUT2D eigenvalue weighted by Crippen LogP contribution is 2.44. The van der Waals surface area contributed by atoms with Gasteiger partial charge >= 0.3 is 11.9 Å². The fourth-order valence-electron chi connectivity index (χ4n) is 2.89. The summed E-state index contributed by atoms with van der Waals surface area (Å²) < 4.78 is 10.9. The van der Waals surface area contributed by atoms with Crippen LogP contribution in [0.15, 0.2) is 0 Å². The minimum absolute atomic E-state index is 0.156. The number of ether oxygens (including phenoxy) is 2. The Balaban J connectivity index is 2.16. The standard InChI is InChI=1S/C14H23NO4/c1-6-10(16)18-9-7-14(5)12(17)19-11(13(2,3)4)15(14)8-9/h9,11H,6-8H2,1-5H3. The van der Waals surface area contributed by atoms with E-state index in [1.165, 1.54) is 0 Å². The molecule has 2 heterocycles. The van der Waals surface area contributed by atoms with Gasteiger partial charge in [-0.05, 0) is 6.92 Å². The van der Waals surface area contributed by atoms with Crippen molar-refractivity contribution in [3.8, 4) is 0 Å². The van der Waals surface area contributed by atoms with E-state index in [0.29, 0.717) is 19.4 Å². The molecule has 2 fully saturated rings. The predicted octanol–water partition coefficient (Wildman–Crippen LogP) is 1.70. The van der Waals surface area contributed by atoms with E-state index >= 15 is 0 Å². The van der Waals surface area contributed by atoms with Crippen molar-refractivity contribution < 1.29 is 19.1 Å². The normalized spacial score (nSPS) is 35.1. The first-order valence-electron chi connectivity index (χ1n) is 6.86. The fourth-order valence-corrected chi connectivity index (χ4v) is 2.89. The lowest BCUT2D eigenvalue weighted by Gasteiger charge is -2.33. The molecule has 19 heavy (non-hydrogen) atoms. The first-order valence-corrected chi connectivity index (χ1v) is 6.86. The van der Waals surface area contributed by atoms with Crippen molar-refractivity contribution in [1.29, 1.82) is 0 Å². The van der Waals surface area contributed by atoms with Gasteiger partial charge < -0.3 is 9.47 Å². The summed E-state index contributed by atoms with van der Waals surface area (Å²) in [6.07, 6.45) is 0.412. The molecule has 2 saturated heterocycles. The van der Waals surface area contributed by atoms with Crippen LogP contribution in [0.3, 0.4) is 0 Å². The topological polar surface area (TPSA) is 55.8 Å². The van der Waals surface area contributed by atoms with Crippen LogP contribution in [0.25, 0.3) is 0 Å². The van der Waals surface area contributed by atoms with Crippen LogP contribution < -0.4 is 0 Å². The average molecular weight is 269 g/mol. The summed E-state index contributed by atoms with van der Waals surface area (Å²) in [6.45, 7) is 10.3. The summed E-state index contributed by atoms with van der Waals surface area (Å²) in [5.41, 5.74) is -0.812. The van der Waals surface area contributed by atoms with Crippen molar-refractivity contribution in [2.75, 3.05) is 6.54 Å². The number of fused-ring (bicyclic) bond motifs is 1. The molecular formula is C14H23NO4. The lowest BCUT2D eigenvalue weighted by atomic mass is 9.92. The minimum atomic E-state index is -0.656. The van der Waals surface area contributed by atoms with E-state index in [1.807, 2.05) is 32.6 Å². The highest BCUT2D eigenvalue weighted by Gasteiger charge is 2.60. The van der Waals surface area contributed by atoms with Crippen molar-refractivity contribution >= 4 is 11.9 Å². The zero-order valence-corrected chi connectivity index (χ0v) is 12.4. The molecule has 2 aliphatic heterocycles. The molecule has 2 aliphatic rings. The van der Waals surface area contributed by atoms with E-state index in [-0.39, 0.29) is 29.7 Å². The van der Waals surface area contributed by atoms with Crippen molar-refractivity contribution in [2.24, 2.45) is 5.41 Å². The van der Waals surface area contributed by atoms with Crippen molar-refractivity contribution in [2.45, 2.75) is 65.3 Å². The van der Waals surface area contributed by atoms with Gasteiger partial charge in [0, 0.05) is 24.8 Å². The van der Waals surface area contributed by atoms with Crippen LogP contribution in [0.2, 0.25) is 0 Å². The molecule has 0 aromatic rings. The van der Waals surface area contributed by atoms with E-state index in [4.69, 9.17) is 9.47 Å². The third kappa shape index (κ3) is 2.36. The second-order valence-electron chi connectivity index (χ2n) is 6.72. The molecule has 0 radical (unpaired) electrons. The van der Waals surface area contributed by atoms with Gasteiger partial charge in [0.05, 0.1) is 0 Å². The Morgan fingerprint density at radius 3 is 2.68 bits per heavy atom. The van der Waals surface area contributed by atoms with Crippen molar-refractivity contribution in [3.63, 3.8) is 0 Å². The highest BCUT2D eigenvalue weighted by atomic mass is 16.6. The van der Waals surface area contributed by atoms with Crippen LogP contribution >= 0.6 is 0 Å². The number of hydrogen-bond donors (Lipinski definition) is 0. The van der Waals surface area contributed by atoms with Gasteiger partial charge in [-0.2, -0.15) is 0 Å². The molecule has 0 aliphatic carbocycles. The summed E-state index contributed by atoms with van der Waals surface area (Å²) in [5.74, 6) is -0.419. The monoisotopic (exact) mass is 269 g/mol. The molecule has 0 bridgehead atoms. The summed E-state index contributed by atoms with van der Waals surface area (Å²) in [6, 6.07) is 0. The Kier molecular flexibility index (Phi) is 3.37. The van der Waals surface area contributed by atoms with Gasteiger partial charge in [0.1, 0.15) is 11.6 Å². The van der Waals surface area contributed by atoms with Crippen molar-refractivity contribution in [1.82, 2.24) is 4.90 Å². The summed E-state index contributed by atoms with van der Waals surface area (Å²) in [4.78, 5) is 25.6. The molecular weight excluding hydrogens is 246 g/mol. The highest BCUT2D eigenvalue weighted by molar-refractivity contribution is 5.83. The zero-order valence-electron chi connectivity index (χ0n) is 12.4. The predicted molar refractivity (Wildman–Crippen MR) is 69.2 cm³/mol. The number of carbonyl (C=O) groups excluding carboxylic acids is 2. The third-order valence-electron chi connectivity index (χ3n) is 3.93. The van der Waals surface area contributed by atoms with Gasteiger partial charge in [-0.15, -0.1) is 0 Å². The number of cyclic esters (lactones) is 1. The molecule has 0 saturated carbocycles. The Morgan fingerprint density at radius 1 is 1.53 bits per heavy atom. The van der Waals surface area contributed by atoms with Gasteiger partial charge in [0.25, 0.3) is 0 Å². The quantitative estimate of drug-likeness (QED) is 0.714. The van der Waals surface area contributed by atoms with Crippen molar-refractivity contribution in [3.05, 3.63) is 0 Å². The van der Waals surface area contributed by atoms with Gasteiger partial charge in [0.15, 0.2) is 6.23 Å². The maximum absolute atomic E-state index is 12.1. The Bertz CT molecular complexity index is 401. The molecule has 108 valence electrons. The van der Waals surface area contributed by atoms with Crippen LogP contribution in [0.4, 0.5) is 0 Å². The first-order chi connectivity index (χ1) is 8.68. The smallest absolute Gasteiger partial charge is 0.328 e. The summed E-state index contributed by atoms with van der Waals surface area (Å²) in [5, 5.41) is 0. The SMILES string of the molecule is CCC(=O)OC1CN2C(C(C)(C)C)OC(=O)C2(C)C1. The molecule has 0 amide bonds. The van der Waals surface area contributed by atoms with Crippen LogP contribution in [0, 0.1) is 5.41 Å². The van der Waals surface area contributed by atoms with E-state index < -0.39 is 5.54 Å². The Morgan fingerprint density at radius 2 is 2.16 bits per heavy atom. The maximum atomic E-state index is 12.1.